The highest BCUT2D eigenvalue weighted by Crippen LogP contribution is 2.30. The van der Waals surface area contributed by atoms with E-state index in [0.717, 1.165) is 31.0 Å². The molecule has 2 amide bonds. The van der Waals surface area contributed by atoms with Gasteiger partial charge in [-0.1, -0.05) is 13.8 Å². The van der Waals surface area contributed by atoms with Gasteiger partial charge in [0.1, 0.15) is 18.0 Å². The van der Waals surface area contributed by atoms with E-state index in [2.05, 4.69) is 34.0 Å². The Labute approximate surface area is 118 Å². The fraction of sp³-hybridized carbons (Fsp3) is 0.615. The lowest BCUT2D eigenvalue weighted by atomic mass is 10.0. The van der Waals surface area contributed by atoms with Crippen LogP contribution in [0.25, 0.3) is 0 Å². The molecule has 3 N–H and O–H groups in total. The summed E-state index contributed by atoms with van der Waals surface area (Å²) in [5.74, 6) is 1.73. The highest BCUT2D eigenvalue weighted by atomic mass is 16.2. The number of carbonyl (C=O) groups excluding carboxylic acids is 1. The average molecular weight is 276 g/mol. The average Bonchev–Trinajstić information content (AvgIpc) is 2.79. The van der Waals surface area contributed by atoms with Gasteiger partial charge in [0.05, 0.1) is 6.04 Å². The van der Waals surface area contributed by atoms with Crippen molar-refractivity contribution in [2.24, 2.45) is 0 Å². The van der Waals surface area contributed by atoms with Crippen LogP contribution in [0.1, 0.15) is 25.3 Å². The third-order valence-electron chi connectivity index (χ3n) is 4.00. The van der Waals surface area contributed by atoms with Crippen molar-refractivity contribution in [3.8, 4) is 0 Å². The lowest BCUT2D eigenvalue weighted by Crippen LogP contribution is -2.52. The number of rotatable bonds is 2. The second-order valence-electron chi connectivity index (χ2n) is 5.63. The number of nitrogens with zero attached hydrogens (tertiary/aromatic N) is 4. The zero-order chi connectivity index (χ0) is 14.3. The Morgan fingerprint density at radius 2 is 2.20 bits per heavy atom. The number of urea groups is 1. The number of nitrogen functional groups attached to an aromatic ring is 1. The molecule has 0 spiro atoms. The number of carbonyl (C=O) groups is 1. The van der Waals surface area contributed by atoms with Crippen LogP contribution in [0.15, 0.2) is 6.33 Å². The first-order valence-corrected chi connectivity index (χ1v) is 6.97. The Bertz CT molecular complexity index is 532. The summed E-state index contributed by atoms with van der Waals surface area (Å²) in [5, 5.41) is 2.89. The molecule has 0 aromatic carbocycles. The number of anilines is 2. The van der Waals surface area contributed by atoms with Gasteiger partial charge >= 0.3 is 6.03 Å². The summed E-state index contributed by atoms with van der Waals surface area (Å²) in [5.41, 5.74) is 7.00. The summed E-state index contributed by atoms with van der Waals surface area (Å²) in [4.78, 5) is 24.3. The van der Waals surface area contributed by atoms with Gasteiger partial charge < -0.3 is 20.9 Å². The van der Waals surface area contributed by atoms with Gasteiger partial charge in [-0.05, 0) is 5.92 Å². The normalized spacial score (nSPS) is 22.1. The van der Waals surface area contributed by atoms with E-state index in [9.17, 15) is 4.79 Å². The van der Waals surface area contributed by atoms with Crippen LogP contribution in [0.4, 0.5) is 16.4 Å². The third kappa shape index (κ3) is 2.03. The van der Waals surface area contributed by atoms with Crippen LogP contribution in [-0.4, -0.2) is 53.1 Å². The molecule has 20 heavy (non-hydrogen) atoms. The predicted molar refractivity (Wildman–Crippen MR) is 76.6 cm³/mol. The standard InChI is InChI=1S/C13H20N6O/c1-8(2)10-11(14)16-7-17-12(10)18-3-4-19-9(6-18)5-15-13(19)20/h7-9H,3-6H2,1-2H3,(H,15,20)(H2,14,16,17). The molecule has 1 unspecified atom stereocenters. The summed E-state index contributed by atoms with van der Waals surface area (Å²) < 4.78 is 0. The SMILES string of the molecule is CC(C)c1c(N)ncnc1N1CCN2C(=O)NCC2C1. The van der Waals surface area contributed by atoms with Crippen molar-refractivity contribution in [2.45, 2.75) is 25.8 Å². The summed E-state index contributed by atoms with van der Waals surface area (Å²) in [6.07, 6.45) is 1.51. The monoisotopic (exact) mass is 276 g/mol. The number of hydrogen-bond acceptors (Lipinski definition) is 5. The van der Waals surface area contributed by atoms with Crippen molar-refractivity contribution in [2.75, 3.05) is 36.8 Å². The Morgan fingerprint density at radius 1 is 1.40 bits per heavy atom. The first kappa shape index (κ1) is 13.0. The summed E-state index contributed by atoms with van der Waals surface area (Å²) in [7, 11) is 0. The fourth-order valence-electron chi connectivity index (χ4n) is 3.00. The molecule has 7 nitrogen and oxygen atoms in total. The van der Waals surface area contributed by atoms with E-state index in [-0.39, 0.29) is 18.0 Å². The van der Waals surface area contributed by atoms with Crippen LogP contribution in [0, 0.1) is 0 Å². The van der Waals surface area contributed by atoms with Crippen molar-refractivity contribution in [1.29, 1.82) is 0 Å². The Balaban J connectivity index is 1.88. The summed E-state index contributed by atoms with van der Waals surface area (Å²) in [6, 6.07) is 0.258. The fourth-order valence-corrected chi connectivity index (χ4v) is 3.00. The molecule has 1 aromatic heterocycles. The van der Waals surface area contributed by atoms with Crippen LogP contribution in [0.3, 0.4) is 0 Å². The Kier molecular flexibility index (Phi) is 3.11. The molecule has 0 aliphatic carbocycles. The molecule has 2 aliphatic rings. The number of fused-ring (bicyclic) bond motifs is 1. The first-order valence-electron chi connectivity index (χ1n) is 6.97. The van der Waals surface area contributed by atoms with E-state index in [1.165, 1.54) is 6.33 Å². The quantitative estimate of drug-likeness (QED) is 0.816. The topological polar surface area (TPSA) is 87.4 Å². The van der Waals surface area contributed by atoms with Gasteiger partial charge in [-0.15, -0.1) is 0 Å². The number of aromatic nitrogens is 2. The molecule has 1 aromatic rings. The minimum Gasteiger partial charge on any atom is -0.383 e. The van der Waals surface area contributed by atoms with Gasteiger partial charge in [0.2, 0.25) is 0 Å². The van der Waals surface area contributed by atoms with Gasteiger partial charge in [0, 0.05) is 31.7 Å². The molecule has 3 heterocycles. The summed E-state index contributed by atoms with van der Waals surface area (Å²) in [6.45, 7) is 7.17. The minimum absolute atomic E-state index is 0.0425. The van der Waals surface area contributed by atoms with Crippen LogP contribution in [-0.2, 0) is 0 Å². The molecular formula is C13H20N6O. The molecule has 1 atom stereocenters. The van der Waals surface area contributed by atoms with E-state index in [1.807, 2.05) is 4.90 Å². The first-order chi connectivity index (χ1) is 9.58. The van der Waals surface area contributed by atoms with Gasteiger partial charge in [-0.3, -0.25) is 0 Å². The molecule has 0 bridgehead atoms. The number of hydrogen-bond donors (Lipinski definition) is 2. The lowest BCUT2D eigenvalue weighted by molar-refractivity contribution is 0.197. The Morgan fingerprint density at radius 3 is 2.95 bits per heavy atom. The molecule has 7 heteroatoms. The van der Waals surface area contributed by atoms with Crippen molar-refractivity contribution < 1.29 is 4.79 Å². The van der Waals surface area contributed by atoms with Gasteiger partial charge in [-0.2, -0.15) is 0 Å². The molecule has 0 saturated carbocycles. The van der Waals surface area contributed by atoms with Gasteiger partial charge in [-0.25, -0.2) is 14.8 Å². The molecule has 2 fully saturated rings. The maximum atomic E-state index is 11.6. The number of nitrogens with one attached hydrogen (secondary N) is 1. The molecule has 3 rings (SSSR count). The van der Waals surface area contributed by atoms with Crippen LogP contribution >= 0.6 is 0 Å². The minimum atomic E-state index is 0.0425. The highest BCUT2D eigenvalue weighted by molar-refractivity contribution is 5.77. The largest absolute Gasteiger partial charge is 0.383 e. The molecule has 0 radical (unpaired) electrons. The van der Waals surface area contributed by atoms with Crippen molar-refractivity contribution >= 4 is 17.7 Å². The van der Waals surface area contributed by atoms with Crippen molar-refractivity contribution in [3.05, 3.63) is 11.9 Å². The number of nitrogens with two attached hydrogens (primary N) is 1. The van der Waals surface area contributed by atoms with Gasteiger partial charge in [0.15, 0.2) is 0 Å². The number of piperazine rings is 1. The zero-order valence-corrected chi connectivity index (χ0v) is 11.8. The van der Waals surface area contributed by atoms with Crippen LogP contribution < -0.4 is 16.0 Å². The maximum absolute atomic E-state index is 11.6. The van der Waals surface area contributed by atoms with E-state index < -0.39 is 0 Å². The van der Waals surface area contributed by atoms with Crippen molar-refractivity contribution in [3.63, 3.8) is 0 Å². The van der Waals surface area contributed by atoms with Crippen molar-refractivity contribution in [1.82, 2.24) is 20.2 Å². The Hall–Kier alpha value is -2.05. The molecule has 2 saturated heterocycles. The lowest BCUT2D eigenvalue weighted by Gasteiger charge is -2.38. The molecule has 108 valence electrons. The molecule has 2 aliphatic heterocycles. The third-order valence-corrected chi connectivity index (χ3v) is 4.00. The second-order valence-corrected chi connectivity index (χ2v) is 5.63. The summed E-state index contributed by atoms with van der Waals surface area (Å²) >= 11 is 0. The van der Waals surface area contributed by atoms with Crippen LogP contribution in [0.2, 0.25) is 0 Å². The highest BCUT2D eigenvalue weighted by Gasteiger charge is 2.36. The van der Waals surface area contributed by atoms with E-state index in [4.69, 9.17) is 5.73 Å². The number of amides is 2. The van der Waals surface area contributed by atoms with Crippen LogP contribution in [0.5, 0.6) is 0 Å². The second kappa shape index (κ2) is 4.81. The van der Waals surface area contributed by atoms with E-state index >= 15 is 0 Å². The zero-order valence-electron chi connectivity index (χ0n) is 11.8. The predicted octanol–water partition coefficient (Wildman–Crippen LogP) is 0.396. The van der Waals surface area contributed by atoms with E-state index in [0.29, 0.717) is 12.4 Å². The van der Waals surface area contributed by atoms with E-state index in [1.54, 1.807) is 0 Å². The smallest absolute Gasteiger partial charge is 0.317 e. The molecular weight excluding hydrogens is 256 g/mol. The van der Waals surface area contributed by atoms with Gasteiger partial charge in [0.25, 0.3) is 0 Å². The maximum Gasteiger partial charge on any atom is 0.317 e.